The van der Waals surface area contributed by atoms with Crippen LogP contribution in [-0.2, 0) is 9.59 Å². The Morgan fingerprint density at radius 2 is 2.07 bits per heavy atom. The molecule has 1 aliphatic heterocycles. The molecule has 0 saturated carbocycles. The lowest BCUT2D eigenvalue weighted by Gasteiger charge is -2.19. The molecule has 1 unspecified atom stereocenters. The van der Waals surface area contributed by atoms with Crippen LogP contribution in [0, 0.1) is 11.8 Å². The predicted molar refractivity (Wildman–Crippen MR) is 53.5 cm³/mol. The highest BCUT2D eigenvalue weighted by Crippen LogP contribution is 2.30. The van der Waals surface area contributed by atoms with Crippen molar-refractivity contribution < 1.29 is 19.8 Å². The van der Waals surface area contributed by atoms with Gasteiger partial charge < -0.3 is 15.5 Å². The molecule has 1 fully saturated rings. The number of carbonyl (C=O) groups is 2. The maximum atomic E-state index is 10.9. The standard InChI is InChI=1S/C10H15NO4/c1-5(2)7-4-11-9(10(14)15)6(7)3-8(12)13/h6-7,9,11H,1,3-4H2,2H3,(H,12,13)(H,14,15)/t6-,7+,9?/m0/s1. The van der Waals surface area contributed by atoms with Crippen LogP contribution < -0.4 is 5.32 Å². The number of hydrogen-bond donors (Lipinski definition) is 3. The second-order valence-corrected chi connectivity index (χ2v) is 3.94. The molecule has 84 valence electrons. The van der Waals surface area contributed by atoms with Crippen LogP contribution in [-0.4, -0.2) is 34.7 Å². The third-order valence-corrected chi connectivity index (χ3v) is 2.81. The largest absolute Gasteiger partial charge is 0.481 e. The van der Waals surface area contributed by atoms with E-state index < -0.39 is 23.9 Å². The summed E-state index contributed by atoms with van der Waals surface area (Å²) in [6.07, 6.45) is -0.137. The predicted octanol–water partition coefficient (Wildman–Crippen LogP) is 0.326. The SMILES string of the molecule is C=C(C)[C@H]1CNC(C(=O)O)[C@H]1CC(=O)O. The second-order valence-electron chi connectivity index (χ2n) is 3.94. The average molecular weight is 213 g/mol. The Morgan fingerprint density at radius 1 is 1.47 bits per heavy atom. The number of rotatable bonds is 4. The summed E-state index contributed by atoms with van der Waals surface area (Å²) in [5.74, 6) is -2.44. The van der Waals surface area contributed by atoms with E-state index in [1.807, 2.05) is 0 Å². The fourth-order valence-electron chi connectivity index (χ4n) is 2.06. The Hall–Kier alpha value is -1.36. The van der Waals surface area contributed by atoms with E-state index in [0.717, 1.165) is 5.57 Å². The van der Waals surface area contributed by atoms with Crippen molar-refractivity contribution in [1.82, 2.24) is 5.32 Å². The summed E-state index contributed by atoms with van der Waals surface area (Å²) in [5.41, 5.74) is 0.831. The first-order valence-corrected chi connectivity index (χ1v) is 4.77. The van der Waals surface area contributed by atoms with Crippen molar-refractivity contribution in [3.63, 3.8) is 0 Å². The zero-order valence-electron chi connectivity index (χ0n) is 8.56. The van der Waals surface area contributed by atoms with Gasteiger partial charge in [-0.25, -0.2) is 0 Å². The van der Waals surface area contributed by atoms with Gasteiger partial charge in [0.05, 0.1) is 6.42 Å². The summed E-state index contributed by atoms with van der Waals surface area (Å²) in [7, 11) is 0. The van der Waals surface area contributed by atoms with Gasteiger partial charge in [-0.2, -0.15) is 0 Å². The van der Waals surface area contributed by atoms with Crippen LogP contribution >= 0.6 is 0 Å². The molecule has 0 aromatic rings. The van der Waals surface area contributed by atoms with E-state index in [9.17, 15) is 9.59 Å². The molecule has 1 saturated heterocycles. The van der Waals surface area contributed by atoms with Gasteiger partial charge in [-0.05, 0) is 12.8 Å². The summed E-state index contributed by atoms with van der Waals surface area (Å²) >= 11 is 0. The van der Waals surface area contributed by atoms with Crippen molar-refractivity contribution >= 4 is 11.9 Å². The molecule has 3 N–H and O–H groups in total. The van der Waals surface area contributed by atoms with Crippen molar-refractivity contribution in [2.75, 3.05) is 6.54 Å². The van der Waals surface area contributed by atoms with E-state index in [2.05, 4.69) is 11.9 Å². The van der Waals surface area contributed by atoms with E-state index in [-0.39, 0.29) is 12.3 Å². The van der Waals surface area contributed by atoms with Crippen LogP contribution in [0.15, 0.2) is 12.2 Å². The molecule has 0 aromatic carbocycles. The van der Waals surface area contributed by atoms with E-state index in [1.54, 1.807) is 6.92 Å². The molecule has 1 heterocycles. The van der Waals surface area contributed by atoms with Crippen molar-refractivity contribution in [1.29, 1.82) is 0 Å². The molecule has 0 aromatic heterocycles. The van der Waals surface area contributed by atoms with Crippen LogP contribution in [0.25, 0.3) is 0 Å². The van der Waals surface area contributed by atoms with Gasteiger partial charge in [0.25, 0.3) is 0 Å². The minimum absolute atomic E-state index is 0.0674. The minimum Gasteiger partial charge on any atom is -0.481 e. The van der Waals surface area contributed by atoms with Crippen molar-refractivity contribution in [3.05, 3.63) is 12.2 Å². The molecule has 0 bridgehead atoms. The van der Waals surface area contributed by atoms with Crippen molar-refractivity contribution in [2.24, 2.45) is 11.8 Å². The lowest BCUT2D eigenvalue weighted by atomic mass is 9.84. The Labute approximate surface area is 87.8 Å². The molecule has 1 rings (SSSR count). The minimum atomic E-state index is -0.995. The first kappa shape index (κ1) is 11.7. The maximum absolute atomic E-state index is 10.9. The molecule has 0 spiro atoms. The molecule has 5 heteroatoms. The van der Waals surface area contributed by atoms with Gasteiger partial charge in [-0.3, -0.25) is 9.59 Å². The quantitative estimate of drug-likeness (QED) is 0.586. The van der Waals surface area contributed by atoms with Gasteiger partial charge >= 0.3 is 11.9 Å². The number of nitrogens with one attached hydrogen (secondary N) is 1. The zero-order chi connectivity index (χ0) is 11.6. The average Bonchev–Trinajstić information content (AvgIpc) is 2.46. The number of hydrogen-bond acceptors (Lipinski definition) is 3. The highest BCUT2D eigenvalue weighted by atomic mass is 16.4. The monoisotopic (exact) mass is 213 g/mol. The van der Waals surface area contributed by atoms with Crippen LogP contribution in [0.4, 0.5) is 0 Å². The normalized spacial score (nSPS) is 30.1. The molecule has 1 aliphatic rings. The Morgan fingerprint density at radius 3 is 2.47 bits per heavy atom. The van der Waals surface area contributed by atoms with Gasteiger partial charge in [-0.15, -0.1) is 0 Å². The van der Waals surface area contributed by atoms with Gasteiger partial charge in [0.2, 0.25) is 0 Å². The summed E-state index contributed by atoms with van der Waals surface area (Å²) in [5, 5.41) is 20.5. The van der Waals surface area contributed by atoms with E-state index in [0.29, 0.717) is 6.54 Å². The lowest BCUT2D eigenvalue weighted by Crippen LogP contribution is -2.36. The van der Waals surface area contributed by atoms with E-state index in [1.165, 1.54) is 0 Å². The highest BCUT2D eigenvalue weighted by molar-refractivity contribution is 5.76. The molecule has 0 amide bonds. The van der Waals surface area contributed by atoms with Crippen LogP contribution in [0.1, 0.15) is 13.3 Å². The first-order valence-electron chi connectivity index (χ1n) is 4.77. The lowest BCUT2D eigenvalue weighted by molar-refractivity contribution is -0.142. The molecule has 3 atom stereocenters. The smallest absolute Gasteiger partial charge is 0.321 e. The summed E-state index contributed by atoms with van der Waals surface area (Å²) in [6.45, 7) is 6.05. The van der Waals surface area contributed by atoms with Crippen LogP contribution in [0.2, 0.25) is 0 Å². The fraction of sp³-hybridized carbons (Fsp3) is 0.600. The third kappa shape index (κ3) is 2.56. The highest BCUT2D eigenvalue weighted by Gasteiger charge is 2.41. The Bertz CT molecular complexity index is 278. The van der Waals surface area contributed by atoms with Gasteiger partial charge in [0.1, 0.15) is 6.04 Å². The molecular weight excluding hydrogens is 198 g/mol. The summed E-state index contributed by atoms with van der Waals surface area (Å²) in [6, 6.07) is -0.775. The van der Waals surface area contributed by atoms with Crippen LogP contribution in [0.3, 0.4) is 0 Å². The fourth-order valence-corrected chi connectivity index (χ4v) is 2.06. The first-order chi connectivity index (χ1) is 6.93. The third-order valence-electron chi connectivity index (χ3n) is 2.81. The molecule has 0 aliphatic carbocycles. The maximum Gasteiger partial charge on any atom is 0.321 e. The van der Waals surface area contributed by atoms with Gasteiger partial charge in [0.15, 0.2) is 0 Å². The summed E-state index contributed by atoms with van der Waals surface area (Å²) < 4.78 is 0. The number of carboxylic acid groups (broad SMARTS) is 2. The molecular formula is C10H15NO4. The summed E-state index contributed by atoms with van der Waals surface area (Å²) in [4.78, 5) is 21.5. The second kappa shape index (κ2) is 4.44. The number of carboxylic acids is 2. The van der Waals surface area contributed by atoms with E-state index in [4.69, 9.17) is 10.2 Å². The number of aliphatic carboxylic acids is 2. The topological polar surface area (TPSA) is 86.6 Å². The molecule has 15 heavy (non-hydrogen) atoms. The van der Waals surface area contributed by atoms with Gasteiger partial charge in [0, 0.05) is 12.5 Å². The van der Waals surface area contributed by atoms with Crippen molar-refractivity contribution in [2.45, 2.75) is 19.4 Å². The molecule has 0 radical (unpaired) electrons. The zero-order valence-corrected chi connectivity index (χ0v) is 8.56. The van der Waals surface area contributed by atoms with Gasteiger partial charge in [-0.1, -0.05) is 12.2 Å². The van der Waals surface area contributed by atoms with E-state index >= 15 is 0 Å². The molecule has 5 nitrogen and oxygen atoms in total. The Kier molecular flexibility index (Phi) is 3.47. The van der Waals surface area contributed by atoms with Crippen molar-refractivity contribution in [3.8, 4) is 0 Å². The Balaban J connectivity index is 2.82. The van der Waals surface area contributed by atoms with Crippen LogP contribution in [0.5, 0.6) is 0 Å².